The number of rotatable bonds is 7. The molecule has 1 aliphatic carbocycles. The Morgan fingerprint density at radius 3 is 2.48 bits per heavy atom. The van der Waals surface area contributed by atoms with Crippen LogP contribution in [-0.4, -0.2) is 29.2 Å². The molecule has 1 heterocycles. The summed E-state index contributed by atoms with van der Waals surface area (Å²) in [5.74, 6) is 0.0551. The Morgan fingerprint density at radius 2 is 1.78 bits per heavy atom. The molecule has 1 fully saturated rings. The number of nitrogens with one attached hydrogen (secondary N) is 1. The first-order valence-electron chi connectivity index (χ1n) is 11.0. The van der Waals surface area contributed by atoms with Gasteiger partial charge in [-0.3, -0.25) is 9.80 Å². The number of nitrogens with zero attached hydrogens (tertiary/aromatic N) is 2. The average molecular weight is 370 g/mol. The molecule has 0 saturated heterocycles. The quantitative estimate of drug-likeness (QED) is 0.671. The molecule has 2 aliphatic rings. The summed E-state index contributed by atoms with van der Waals surface area (Å²) < 4.78 is 0. The van der Waals surface area contributed by atoms with Crippen LogP contribution in [0.3, 0.4) is 0 Å². The van der Waals surface area contributed by atoms with Gasteiger partial charge in [0, 0.05) is 19.0 Å². The van der Waals surface area contributed by atoms with Crippen molar-refractivity contribution in [3.05, 3.63) is 35.9 Å². The van der Waals surface area contributed by atoms with Crippen LogP contribution in [0, 0.1) is 0 Å². The molecular formula is C23H35N3O. The van der Waals surface area contributed by atoms with E-state index in [0.717, 1.165) is 25.8 Å². The molecule has 1 aliphatic heterocycles. The van der Waals surface area contributed by atoms with E-state index in [9.17, 15) is 4.79 Å². The number of unbranched alkanes of at least 4 members (excludes halogenated alkanes) is 2. The van der Waals surface area contributed by atoms with Gasteiger partial charge in [0.1, 0.15) is 5.71 Å². The molecule has 4 heteroatoms. The Balaban J connectivity index is 1.64. The second-order valence-corrected chi connectivity index (χ2v) is 8.06. The zero-order chi connectivity index (χ0) is 18.9. The summed E-state index contributed by atoms with van der Waals surface area (Å²) in [7, 11) is 0. The zero-order valence-corrected chi connectivity index (χ0v) is 16.8. The second kappa shape index (κ2) is 10.5. The summed E-state index contributed by atoms with van der Waals surface area (Å²) in [6.07, 6.45) is 12.9. The number of hydrogen-bond acceptors (Lipinski definition) is 3. The fourth-order valence-corrected chi connectivity index (χ4v) is 4.26. The van der Waals surface area contributed by atoms with Crippen molar-refractivity contribution in [2.45, 2.75) is 89.6 Å². The minimum Gasteiger partial charge on any atom is -0.348 e. The van der Waals surface area contributed by atoms with Crippen LogP contribution in [0.15, 0.2) is 35.4 Å². The predicted octanol–water partition coefficient (Wildman–Crippen LogP) is 5.21. The molecule has 148 valence electrons. The van der Waals surface area contributed by atoms with Gasteiger partial charge in [0.2, 0.25) is 0 Å². The van der Waals surface area contributed by atoms with Crippen molar-refractivity contribution in [3.8, 4) is 0 Å². The lowest BCUT2D eigenvalue weighted by Gasteiger charge is -2.23. The number of benzene rings is 1. The Morgan fingerprint density at radius 1 is 1.07 bits per heavy atom. The van der Waals surface area contributed by atoms with Gasteiger partial charge in [-0.1, -0.05) is 82.2 Å². The Bertz CT molecular complexity index is 605. The Hall–Kier alpha value is -1.84. The molecule has 3 rings (SSSR count). The minimum atomic E-state index is 0.0551. The molecule has 1 N–H and O–H groups in total. The summed E-state index contributed by atoms with van der Waals surface area (Å²) in [6, 6.07) is 11.0. The third-order valence-corrected chi connectivity index (χ3v) is 5.87. The van der Waals surface area contributed by atoms with Crippen molar-refractivity contribution in [1.29, 1.82) is 0 Å². The highest BCUT2D eigenvalue weighted by atomic mass is 16.2. The summed E-state index contributed by atoms with van der Waals surface area (Å²) in [6.45, 7) is 3.14. The van der Waals surface area contributed by atoms with E-state index in [-0.39, 0.29) is 11.9 Å². The van der Waals surface area contributed by atoms with Crippen LogP contribution in [0.1, 0.15) is 89.2 Å². The molecule has 1 saturated carbocycles. The first-order chi connectivity index (χ1) is 13.3. The topological polar surface area (TPSA) is 44.7 Å². The van der Waals surface area contributed by atoms with Gasteiger partial charge in [-0.05, 0) is 24.8 Å². The lowest BCUT2D eigenvalue weighted by Crippen LogP contribution is -2.39. The van der Waals surface area contributed by atoms with E-state index in [1.165, 1.54) is 50.5 Å². The zero-order valence-electron chi connectivity index (χ0n) is 16.8. The summed E-state index contributed by atoms with van der Waals surface area (Å²) in [5.41, 5.74) is 1.97. The van der Waals surface area contributed by atoms with E-state index in [2.05, 4.69) is 41.5 Å². The third kappa shape index (κ3) is 5.82. The molecule has 1 unspecified atom stereocenters. The maximum absolute atomic E-state index is 12.9. The van der Waals surface area contributed by atoms with E-state index >= 15 is 0 Å². The summed E-state index contributed by atoms with van der Waals surface area (Å²) in [5, 5.41) is 10.2. The van der Waals surface area contributed by atoms with Crippen LogP contribution in [0.2, 0.25) is 0 Å². The van der Waals surface area contributed by atoms with E-state index in [0.29, 0.717) is 18.2 Å². The number of amides is 1. The lowest BCUT2D eigenvalue weighted by atomic mass is 9.96. The van der Waals surface area contributed by atoms with E-state index in [4.69, 9.17) is 5.10 Å². The molecule has 1 aromatic rings. The van der Waals surface area contributed by atoms with Crippen molar-refractivity contribution in [1.82, 2.24) is 10.3 Å². The maximum atomic E-state index is 12.9. The second-order valence-electron chi connectivity index (χ2n) is 8.06. The van der Waals surface area contributed by atoms with Gasteiger partial charge < -0.3 is 5.32 Å². The van der Waals surface area contributed by atoms with Crippen LogP contribution < -0.4 is 5.32 Å². The highest BCUT2D eigenvalue weighted by molar-refractivity contribution is 6.39. The number of carbonyl (C=O) groups is 1. The number of carbonyl (C=O) groups excluding carboxylic acids is 1. The largest absolute Gasteiger partial charge is 0.348 e. The smallest absolute Gasteiger partial charge is 0.267 e. The SMILES string of the molecule is CCCCCN1N=C(C(=O)NC2CCCCCCC2)CC1c1ccccc1. The van der Waals surface area contributed by atoms with Crippen LogP contribution in [-0.2, 0) is 4.79 Å². The summed E-state index contributed by atoms with van der Waals surface area (Å²) >= 11 is 0. The molecule has 0 spiro atoms. The average Bonchev–Trinajstić information content (AvgIpc) is 3.09. The third-order valence-electron chi connectivity index (χ3n) is 5.87. The maximum Gasteiger partial charge on any atom is 0.267 e. The number of hydrogen-bond donors (Lipinski definition) is 1. The van der Waals surface area contributed by atoms with Crippen LogP contribution in [0.25, 0.3) is 0 Å². The highest BCUT2D eigenvalue weighted by Crippen LogP contribution is 2.31. The Labute approximate surface area is 164 Å². The normalized spacial score (nSPS) is 21.4. The van der Waals surface area contributed by atoms with Gasteiger partial charge in [0.15, 0.2) is 0 Å². The fourth-order valence-electron chi connectivity index (χ4n) is 4.26. The highest BCUT2D eigenvalue weighted by Gasteiger charge is 2.31. The van der Waals surface area contributed by atoms with Gasteiger partial charge >= 0.3 is 0 Å². The Kier molecular flexibility index (Phi) is 7.73. The van der Waals surface area contributed by atoms with Crippen molar-refractivity contribution in [2.24, 2.45) is 5.10 Å². The molecular weight excluding hydrogens is 334 g/mol. The van der Waals surface area contributed by atoms with Gasteiger partial charge in [-0.2, -0.15) is 5.10 Å². The first kappa shape index (κ1) is 19.9. The van der Waals surface area contributed by atoms with Crippen molar-refractivity contribution >= 4 is 11.6 Å². The first-order valence-corrected chi connectivity index (χ1v) is 11.0. The molecule has 0 radical (unpaired) electrons. The molecule has 1 atom stereocenters. The van der Waals surface area contributed by atoms with Crippen molar-refractivity contribution < 1.29 is 4.79 Å². The molecule has 0 bridgehead atoms. The van der Waals surface area contributed by atoms with Gasteiger partial charge in [-0.15, -0.1) is 0 Å². The van der Waals surface area contributed by atoms with Gasteiger partial charge in [-0.25, -0.2) is 0 Å². The minimum absolute atomic E-state index is 0.0551. The van der Waals surface area contributed by atoms with Crippen LogP contribution in [0.5, 0.6) is 0 Å². The fraction of sp³-hybridized carbons (Fsp3) is 0.652. The molecule has 0 aromatic heterocycles. The predicted molar refractivity (Wildman–Crippen MR) is 112 cm³/mol. The van der Waals surface area contributed by atoms with E-state index < -0.39 is 0 Å². The van der Waals surface area contributed by atoms with Crippen LogP contribution >= 0.6 is 0 Å². The molecule has 1 amide bonds. The molecule has 4 nitrogen and oxygen atoms in total. The van der Waals surface area contributed by atoms with E-state index in [1.54, 1.807) is 0 Å². The monoisotopic (exact) mass is 369 g/mol. The van der Waals surface area contributed by atoms with Gasteiger partial charge in [0.05, 0.1) is 6.04 Å². The number of hydrazone groups is 1. The van der Waals surface area contributed by atoms with E-state index in [1.807, 2.05) is 6.07 Å². The van der Waals surface area contributed by atoms with Crippen molar-refractivity contribution in [3.63, 3.8) is 0 Å². The molecule has 1 aromatic carbocycles. The molecule has 27 heavy (non-hydrogen) atoms. The standard InChI is InChI=1S/C23H35N3O/c1-2-3-12-17-26-22(19-13-8-7-9-14-19)18-21(25-26)23(27)24-20-15-10-5-4-6-11-16-20/h7-9,13-14,20,22H,2-6,10-12,15-18H2,1H3,(H,24,27). The lowest BCUT2D eigenvalue weighted by molar-refractivity contribution is -0.115. The van der Waals surface area contributed by atoms with Crippen LogP contribution in [0.4, 0.5) is 0 Å². The summed E-state index contributed by atoms with van der Waals surface area (Å²) in [4.78, 5) is 12.9. The van der Waals surface area contributed by atoms with Crippen molar-refractivity contribution in [2.75, 3.05) is 6.54 Å². The van der Waals surface area contributed by atoms with Gasteiger partial charge in [0.25, 0.3) is 5.91 Å².